The van der Waals surface area contributed by atoms with Crippen LogP contribution in [-0.4, -0.2) is 22.5 Å². The summed E-state index contributed by atoms with van der Waals surface area (Å²) in [6.45, 7) is 3.33. The van der Waals surface area contributed by atoms with Gasteiger partial charge in [0.25, 0.3) is 0 Å². The summed E-state index contributed by atoms with van der Waals surface area (Å²) in [7, 11) is 0. The second kappa shape index (κ2) is 5.68. The van der Waals surface area contributed by atoms with Gasteiger partial charge < -0.3 is 0 Å². The molecule has 76 valence electrons. The van der Waals surface area contributed by atoms with E-state index in [-0.39, 0.29) is 12.0 Å². The zero-order valence-electron chi connectivity index (χ0n) is 8.78. The summed E-state index contributed by atoms with van der Waals surface area (Å²) in [4.78, 5) is 10.6. The molecule has 0 radical (unpaired) electrons. The first-order valence-corrected chi connectivity index (χ1v) is 11.2. The standard InChI is InChI=1S/C7H12NO.C2H4O2.Hg/c1-6-4-3-5-7(2)8(6)9;1-2(3)4;/h6H,1,3-5H2,2H3;1H3,(H,3,4);/q;;+1/p-1. The van der Waals surface area contributed by atoms with Gasteiger partial charge in [0.1, 0.15) is 0 Å². The van der Waals surface area contributed by atoms with Crippen LogP contribution < -0.4 is 0 Å². The predicted molar refractivity (Wildman–Crippen MR) is 48.5 cm³/mol. The first-order valence-electron chi connectivity index (χ1n) is 5.03. The summed E-state index contributed by atoms with van der Waals surface area (Å²) >= 11 is -1.56. The zero-order chi connectivity index (χ0) is 10.6. The molecule has 0 amide bonds. The number of hydrogen-bond donors (Lipinski definition) is 0. The average molecular weight is 386 g/mol. The third kappa shape index (κ3) is 3.56. The molecule has 0 saturated carbocycles. The van der Waals surface area contributed by atoms with Crippen molar-refractivity contribution in [3.05, 3.63) is 5.21 Å². The normalized spacial score (nSPS) is 21.7. The van der Waals surface area contributed by atoms with Crippen molar-refractivity contribution in [1.82, 2.24) is 0 Å². The zero-order valence-corrected chi connectivity index (χ0v) is 14.3. The Labute approximate surface area is 97.0 Å². The minimum atomic E-state index is -1.56. The van der Waals surface area contributed by atoms with Crippen LogP contribution in [0, 0.1) is 5.21 Å². The molecule has 0 aromatic carbocycles. The molecule has 0 saturated heterocycles. The van der Waals surface area contributed by atoms with Crippen LogP contribution in [0.15, 0.2) is 0 Å². The monoisotopic (exact) mass is 387 g/mol. The van der Waals surface area contributed by atoms with E-state index >= 15 is 0 Å². The molecular formula is C9H15HgNO3. The topological polar surface area (TPSA) is 52.4 Å². The third-order valence-corrected chi connectivity index (χ3v) is 8.42. The molecule has 1 rings (SSSR count). The van der Waals surface area contributed by atoms with Crippen molar-refractivity contribution in [3.8, 4) is 0 Å². The molecule has 1 unspecified atom stereocenters. The van der Waals surface area contributed by atoms with Gasteiger partial charge in [0.15, 0.2) is 0 Å². The number of hydrogen-bond acceptors (Lipinski definition) is 3. The van der Waals surface area contributed by atoms with E-state index in [0.29, 0.717) is 0 Å². The van der Waals surface area contributed by atoms with Gasteiger partial charge in [0.05, 0.1) is 0 Å². The van der Waals surface area contributed by atoms with Crippen molar-refractivity contribution in [2.24, 2.45) is 0 Å². The Hall–Kier alpha value is -0.125. The van der Waals surface area contributed by atoms with Crippen LogP contribution in [0.3, 0.4) is 0 Å². The summed E-state index contributed by atoms with van der Waals surface area (Å²) < 4.78 is 7.03. The van der Waals surface area contributed by atoms with Crippen molar-refractivity contribution >= 4 is 11.7 Å². The molecule has 0 N–H and O–H groups in total. The van der Waals surface area contributed by atoms with E-state index in [0.717, 1.165) is 33.6 Å². The van der Waals surface area contributed by atoms with Gasteiger partial charge in [-0.25, -0.2) is 0 Å². The summed E-state index contributed by atoms with van der Waals surface area (Å²) in [5.74, 6) is -0.180. The molecule has 4 nitrogen and oxygen atoms in total. The van der Waals surface area contributed by atoms with Gasteiger partial charge in [-0.05, 0) is 0 Å². The summed E-state index contributed by atoms with van der Waals surface area (Å²) in [6.07, 6.45) is 2.98. The molecule has 0 aromatic heterocycles. The number of rotatable bonds is 3. The predicted octanol–water partition coefficient (Wildman–Crippen LogP) is 1.49. The second-order valence-electron chi connectivity index (χ2n) is 3.74. The Morgan fingerprint density at radius 3 is 3.14 bits per heavy atom. The molecule has 1 aliphatic rings. The summed E-state index contributed by atoms with van der Waals surface area (Å²) in [5, 5.41) is 11.6. The quantitative estimate of drug-likeness (QED) is 0.420. The van der Waals surface area contributed by atoms with Gasteiger partial charge in [-0.3, -0.25) is 0 Å². The van der Waals surface area contributed by atoms with Crippen LogP contribution in [-0.2, 0) is 32.5 Å². The van der Waals surface area contributed by atoms with Gasteiger partial charge in [-0.15, -0.1) is 0 Å². The van der Waals surface area contributed by atoms with E-state index in [1.807, 2.05) is 6.92 Å². The van der Waals surface area contributed by atoms with Crippen LogP contribution in [0.5, 0.6) is 0 Å². The molecule has 0 spiro atoms. The first-order chi connectivity index (χ1) is 6.61. The number of nitrogens with zero attached hydrogens (tertiary/aromatic N) is 1. The number of hydroxylamine groups is 1. The van der Waals surface area contributed by atoms with Gasteiger partial charge in [-0.2, -0.15) is 0 Å². The maximum absolute atomic E-state index is 11.6. The third-order valence-electron chi connectivity index (χ3n) is 2.54. The fraction of sp³-hybridized carbons (Fsp3) is 0.778. The molecule has 5 heteroatoms. The fourth-order valence-electron chi connectivity index (χ4n) is 1.73. The van der Waals surface area contributed by atoms with Gasteiger partial charge in [-0.1, -0.05) is 0 Å². The minimum absolute atomic E-state index is 0.102. The number of carbonyl (C=O) groups is 1. The summed E-state index contributed by atoms with van der Waals surface area (Å²) in [5.41, 5.74) is 0.928. The van der Waals surface area contributed by atoms with Crippen LogP contribution in [0.25, 0.3) is 0 Å². The van der Waals surface area contributed by atoms with E-state index in [4.69, 9.17) is 2.64 Å². The molecule has 1 aliphatic heterocycles. The summed E-state index contributed by atoms with van der Waals surface area (Å²) in [6, 6.07) is 0.102. The van der Waals surface area contributed by atoms with Gasteiger partial charge in [0.2, 0.25) is 0 Å². The molecule has 1 atom stereocenters. The van der Waals surface area contributed by atoms with E-state index in [1.165, 1.54) is 6.92 Å². The number of carbonyl (C=O) groups excluding carboxylic acids is 1. The molecule has 0 aliphatic carbocycles. The average Bonchev–Trinajstić information content (AvgIpc) is 2.12. The first kappa shape index (κ1) is 11.9. The van der Waals surface area contributed by atoms with E-state index in [2.05, 4.69) is 0 Å². The van der Waals surface area contributed by atoms with Crippen molar-refractivity contribution in [2.45, 2.75) is 43.1 Å². The second-order valence-corrected chi connectivity index (χ2v) is 8.69. The maximum atomic E-state index is 11.6. The molecule has 14 heavy (non-hydrogen) atoms. The fourth-order valence-corrected chi connectivity index (χ4v) is 6.40. The van der Waals surface area contributed by atoms with Crippen molar-refractivity contribution in [2.75, 3.05) is 0 Å². The Kier molecular flexibility index (Phi) is 4.85. The molecular weight excluding hydrogens is 371 g/mol. The molecule has 0 bridgehead atoms. The van der Waals surface area contributed by atoms with Crippen LogP contribution in [0.2, 0.25) is 3.93 Å². The van der Waals surface area contributed by atoms with Crippen LogP contribution >= 0.6 is 0 Å². The van der Waals surface area contributed by atoms with Gasteiger partial charge in [0, 0.05) is 0 Å². The van der Waals surface area contributed by atoms with E-state index in [1.54, 1.807) is 0 Å². The SMILES string of the molecule is CC(=O)[O][Hg][CH2]C1CCCC(C)=[N+]1[O-]. The van der Waals surface area contributed by atoms with Crippen molar-refractivity contribution in [3.63, 3.8) is 0 Å². The Balaban J connectivity index is 2.37. The van der Waals surface area contributed by atoms with Gasteiger partial charge >= 0.3 is 97.2 Å². The Bertz CT molecular complexity index is 252. The van der Waals surface area contributed by atoms with E-state index in [9.17, 15) is 10.0 Å². The molecule has 0 fully saturated rings. The van der Waals surface area contributed by atoms with E-state index < -0.39 is 25.0 Å². The molecule has 0 aromatic rings. The van der Waals surface area contributed by atoms with Crippen LogP contribution in [0.4, 0.5) is 0 Å². The Morgan fingerprint density at radius 2 is 2.50 bits per heavy atom. The Morgan fingerprint density at radius 1 is 1.79 bits per heavy atom. The molecule has 1 heterocycles. The van der Waals surface area contributed by atoms with Crippen molar-refractivity contribution < 1.29 is 37.2 Å². The van der Waals surface area contributed by atoms with Crippen LogP contribution in [0.1, 0.15) is 33.1 Å². The van der Waals surface area contributed by atoms with Crippen molar-refractivity contribution in [1.29, 1.82) is 0 Å².